The molecule has 6 heteroatoms. The number of halogens is 1. The van der Waals surface area contributed by atoms with Crippen molar-refractivity contribution < 1.29 is 0 Å². The average Bonchev–Trinajstić information content (AvgIpc) is 3.40. The van der Waals surface area contributed by atoms with E-state index in [9.17, 15) is 0 Å². The Morgan fingerprint density at radius 3 is 2.53 bits per heavy atom. The summed E-state index contributed by atoms with van der Waals surface area (Å²) < 4.78 is 0. The van der Waals surface area contributed by atoms with Gasteiger partial charge in [0.1, 0.15) is 5.03 Å². The van der Waals surface area contributed by atoms with Crippen molar-refractivity contribution in [2.45, 2.75) is 11.4 Å². The summed E-state index contributed by atoms with van der Waals surface area (Å²) in [6.07, 6.45) is 6.70. The van der Waals surface area contributed by atoms with Crippen LogP contribution in [0, 0.1) is 0 Å². The van der Waals surface area contributed by atoms with Gasteiger partial charge in [0.25, 0.3) is 0 Å². The van der Waals surface area contributed by atoms with Gasteiger partial charge in [0, 0.05) is 51.4 Å². The van der Waals surface area contributed by atoms with E-state index in [-0.39, 0.29) is 0 Å². The summed E-state index contributed by atoms with van der Waals surface area (Å²) in [6, 6.07) is 20.3. The molecule has 5 rings (SSSR count). The lowest BCUT2D eigenvalue weighted by Crippen LogP contribution is -1.89. The molecular formula is C24H19ClN4S. The number of H-pyrrole nitrogens is 2. The normalized spacial score (nSPS) is 11.2. The van der Waals surface area contributed by atoms with Crippen LogP contribution in [0.15, 0.2) is 84.3 Å². The first kappa shape index (κ1) is 19.0. The second-order valence-electron chi connectivity index (χ2n) is 6.98. The number of rotatable bonds is 6. The number of fused-ring (bicyclic) bond motifs is 1. The zero-order chi connectivity index (χ0) is 20.3. The summed E-state index contributed by atoms with van der Waals surface area (Å²) in [5, 5.41) is 10.9. The Balaban J connectivity index is 1.44. The highest BCUT2D eigenvalue weighted by atomic mass is 35.5. The Hall–Kier alpha value is -3.02. The summed E-state index contributed by atoms with van der Waals surface area (Å²) in [6.45, 7) is 0. The second kappa shape index (κ2) is 8.38. The Kier molecular flexibility index (Phi) is 5.30. The van der Waals surface area contributed by atoms with Gasteiger partial charge in [-0.25, -0.2) is 0 Å². The number of aryl methyl sites for hydroxylation is 1. The zero-order valence-electron chi connectivity index (χ0n) is 16.1. The number of para-hydroxylation sites is 1. The van der Waals surface area contributed by atoms with Gasteiger partial charge in [-0.2, -0.15) is 5.10 Å². The summed E-state index contributed by atoms with van der Waals surface area (Å²) in [5.41, 5.74) is 6.76. The maximum Gasteiger partial charge on any atom is 0.126 e. The van der Waals surface area contributed by atoms with Crippen molar-refractivity contribution >= 4 is 34.3 Å². The Bertz CT molecular complexity index is 1280. The van der Waals surface area contributed by atoms with E-state index in [2.05, 4.69) is 50.6 Å². The van der Waals surface area contributed by atoms with Gasteiger partial charge >= 0.3 is 0 Å². The molecule has 5 aromatic rings. The van der Waals surface area contributed by atoms with Crippen LogP contribution >= 0.6 is 23.4 Å². The molecule has 3 aromatic heterocycles. The highest BCUT2D eigenvalue weighted by Gasteiger charge is 2.17. The van der Waals surface area contributed by atoms with E-state index < -0.39 is 0 Å². The molecule has 2 aromatic carbocycles. The van der Waals surface area contributed by atoms with Crippen LogP contribution in [0.5, 0.6) is 0 Å². The minimum Gasteiger partial charge on any atom is -0.361 e. The molecule has 0 amide bonds. The van der Waals surface area contributed by atoms with Crippen LogP contribution in [0.2, 0.25) is 5.02 Å². The van der Waals surface area contributed by atoms with Crippen LogP contribution in [0.1, 0.15) is 5.56 Å². The van der Waals surface area contributed by atoms with Crippen molar-refractivity contribution in [2.24, 2.45) is 0 Å². The van der Waals surface area contributed by atoms with Crippen LogP contribution in [0.4, 0.5) is 0 Å². The summed E-state index contributed by atoms with van der Waals surface area (Å²) in [4.78, 5) is 7.52. The smallest absolute Gasteiger partial charge is 0.126 e. The lowest BCUT2D eigenvalue weighted by molar-refractivity contribution is 1.00. The van der Waals surface area contributed by atoms with Crippen LogP contribution in [0.25, 0.3) is 33.3 Å². The molecule has 0 bridgehead atoms. The van der Waals surface area contributed by atoms with Crippen LogP contribution < -0.4 is 0 Å². The van der Waals surface area contributed by atoms with Gasteiger partial charge in [-0.1, -0.05) is 41.9 Å². The van der Waals surface area contributed by atoms with E-state index in [0.29, 0.717) is 0 Å². The van der Waals surface area contributed by atoms with E-state index in [0.717, 1.165) is 44.6 Å². The van der Waals surface area contributed by atoms with E-state index in [4.69, 9.17) is 11.6 Å². The van der Waals surface area contributed by atoms with E-state index in [1.165, 1.54) is 16.5 Å². The van der Waals surface area contributed by atoms with Crippen LogP contribution in [0.3, 0.4) is 0 Å². The molecule has 0 aliphatic heterocycles. The number of aromatic nitrogens is 4. The van der Waals surface area contributed by atoms with Crippen molar-refractivity contribution in [1.29, 1.82) is 0 Å². The average molecular weight is 431 g/mol. The number of aromatic amines is 2. The van der Waals surface area contributed by atoms with Crippen LogP contribution in [-0.4, -0.2) is 25.9 Å². The van der Waals surface area contributed by atoms with Gasteiger partial charge in [-0.15, -0.1) is 11.8 Å². The molecule has 0 fully saturated rings. The quantitative estimate of drug-likeness (QED) is 0.298. The highest BCUT2D eigenvalue weighted by Crippen LogP contribution is 2.38. The minimum atomic E-state index is 0.719. The molecule has 2 N–H and O–H groups in total. The van der Waals surface area contributed by atoms with Gasteiger partial charge in [0.2, 0.25) is 0 Å². The van der Waals surface area contributed by atoms with E-state index in [1.54, 1.807) is 11.8 Å². The maximum absolute atomic E-state index is 6.08. The van der Waals surface area contributed by atoms with Crippen LogP contribution in [-0.2, 0) is 6.42 Å². The topological polar surface area (TPSA) is 57.4 Å². The van der Waals surface area contributed by atoms with Gasteiger partial charge in [-0.3, -0.25) is 10.1 Å². The lowest BCUT2D eigenvalue weighted by Gasteiger charge is -2.07. The largest absolute Gasteiger partial charge is 0.361 e. The Morgan fingerprint density at radius 1 is 0.900 bits per heavy atom. The fourth-order valence-corrected chi connectivity index (χ4v) is 4.75. The van der Waals surface area contributed by atoms with Gasteiger partial charge in [0.15, 0.2) is 0 Å². The lowest BCUT2D eigenvalue weighted by atomic mass is 10.0. The van der Waals surface area contributed by atoms with Gasteiger partial charge < -0.3 is 4.98 Å². The fraction of sp³-hybridized carbons (Fsp3) is 0.0833. The fourth-order valence-electron chi connectivity index (χ4n) is 3.64. The number of hydrogen-bond acceptors (Lipinski definition) is 3. The number of nitrogens with zero attached hydrogens (tertiary/aromatic N) is 2. The maximum atomic E-state index is 6.08. The van der Waals surface area contributed by atoms with Crippen molar-refractivity contribution in [2.75, 3.05) is 5.75 Å². The molecule has 0 saturated carbocycles. The summed E-state index contributed by atoms with van der Waals surface area (Å²) >= 11 is 7.84. The second-order valence-corrected chi connectivity index (χ2v) is 8.50. The third kappa shape index (κ3) is 3.74. The first-order valence-electron chi connectivity index (χ1n) is 9.72. The SMILES string of the molecule is Clc1ccc(-c2[nH]nc(SCCc3c[nH]c4ccccc34)c2-c2ccncc2)cc1. The van der Waals surface area contributed by atoms with E-state index in [1.807, 2.05) is 48.8 Å². The molecule has 4 nitrogen and oxygen atoms in total. The molecule has 0 saturated heterocycles. The monoisotopic (exact) mass is 430 g/mol. The minimum absolute atomic E-state index is 0.719. The van der Waals surface area contributed by atoms with Crippen molar-refractivity contribution in [3.05, 3.63) is 89.8 Å². The predicted octanol–water partition coefficient (Wildman–Crippen LogP) is 6.61. The Labute approximate surface area is 183 Å². The molecule has 0 radical (unpaired) electrons. The van der Waals surface area contributed by atoms with Crippen molar-refractivity contribution in [3.63, 3.8) is 0 Å². The molecule has 0 spiro atoms. The Morgan fingerprint density at radius 2 is 1.70 bits per heavy atom. The number of pyridine rings is 1. The molecule has 0 unspecified atom stereocenters. The van der Waals surface area contributed by atoms with Gasteiger partial charge in [-0.05, 0) is 47.9 Å². The molecule has 30 heavy (non-hydrogen) atoms. The zero-order valence-corrected chi connectivity index (χ0v) is 17.7. The number of benzene rings is 2. The van der Waals surface area contributed by atoms with Gasteiger partial charge in [0.05, 0.1) is 5.69 Å². The third-order valence-electron chi connectivity index (χ3n) is 5.12. The summed E-state index contributed by atoms with van der Waals surface area (Å²) in [7, 11) is 0. The predicted molar refractivity (Wildman–Crippen MR) is 125 cm³/mol. The first-order chi connectivity index (χ1) is 14.8. The molecular weight excluding hydrogens is 412 g/mol. The number of nitrogens with one attached hydrogen (secondary N) is 2. The highest BCUT2D eigenvalue weighted by molar-refractivity contribution is 7.99. The number of hydrogen-bond donors (Lipinski definition) is 2. The van der Waals surface area contributed by atoms with Crippen molar-refractivity contribution in [1.82, 2.24) is 20.2 Å². The van der Waals surface area contributed by atoms with E-state index >= 15 is 0 Å². The van der Waals surface area contributed by atoms with Crippen molar-refractivity contribution in [3.8, 4) is 22.4 Å². The number of thioether (sulfide) groups is 1. The molecule has 0 atom stereocenters. The molecule has 3 heterocycles. The third-order valence-corrected chi connectivity index (χ3v) is 6.35. The molecule has 0 aliphatic carbocycles. The molecule has 148 valence electrons. The molecule has 0 aliphatic rings. The standard InChI is InChI=1S/C24H19ClN4S/c25-19-7-5-17(6-8-19)23-22(16-9-12-26-13-10-16)24(29-28-23)30-14-11-18-15-27-21-4-2-1-3-20(18)21/h1-10,12-13,15,27H,11,14H2,(H,28,29). The summed E-state index contributed by atoms with van der Waals surface area (Å²) in [5.74, 6) is 0.935. The first-order valence-corrected chi connectivity index (χ1v) is 11.1.